The van der Waals surface area contributed by atoms with Crippen molar-refractivity contribution < 1.29 is 5.02 Å². The summed E-state index contributed by atoms with van der Waals surface area (Å²) in [5.74, 6) is 0. The van der Waals surface area contributed by atoms with Crippen LogP contribution in [0.4, 0.5) is 0 Å². The van der Waals surface area contributed by atoms with Crippen molar-refractivity contribution in [1.82, 2.24) is 0 Å². The van der Waals surface area contributed by atoms with Gasteiger partial charge in [0.1, 0.15) is 0 Å². The van der Waals surface area contributed by atoms with Crippen molar-refractivity contribution >= 4 is 7.27 Å². The van der Waals surface area contributed by atoms with Gasteiger partial charge in [-0.1, -0.05) is 0 Å². The van der Waals surface area contributed by atoms with Crippen LogP contribution in [0.3, 0.4) is 0 Å². The van der Waals surface area contributed by atoms with Crippen LogP contribution in [-0.4, -0.2) is 18.8 Å². The Balaban J connectivity index is 2.69. The molecule has 0 heterocycles. The Hall–Kier alpha value is -0.335. The van der Waals surface area contributed by atoms with Crippen molar-refractivity contribution in [1.29, 1.82) is 0 Å². The fraction of sp³-hybridized carbons (Fsp3) is 1.00. The van der Waals surface area contributed by atoms with E-state index in [1.807, 2.05) is 0 Å². The van der Waals surface area contributed by atoms with Crippen molar-refractivity contribution in [2.24, 2.45) is 4.90 Å². The van der Waals surface area contributed by atoms with Gasteiger partial charge in [-0.3, -0.25) is 0 Å². The first-order valence-corrected chi connectivity index (χ1v) is 2.54. The predicted molar refractivity (Wildman–Crippen MR) is 30.2 cm³/mol. The zero-order chi connectivity index (χ0) is 5.54. The van der Waals surface area contributed by atoms with Crippen molar-refractivity contribution in [2.75, 3.05) is 6.54 Å². The fourth-order valence-corrected chi connectivity index (χ4v) is 0.307. The Morgan fingerprint density at radius 1 is 1.71 bits per heavy atom. The molecule has 0 aromatic rings. The molecule has 0 fully saturated rings. The van der Waals surface area contributed by atoms with E-state index in [1.54, 1.807) is 0 Å². The molecule has 0 amide bonds. The van der Waals surface area contributed by atoms with Gasteiger partial charge in [0, 0.05) is 0 Å². The summed E-state index contributed by atoms with van der Waals surface area (Å²) >= 11 is 0. The van der Waals surface area contributed by atoms with Crippen molar-refractivity contribution in [3.63, 3.8) is 0 Å². The summed E-state index contributed by atoms with van der Waals surface area (Å²) in [5.41, 5.74) is 0. The Labute approximate surface area is 44.5 Å². The molecule has 1 N–H and O–H groups in total. The molecule has 0 saturated heterocycles. The topological polar surface area (TPSA) is 32.6 Å². The first-order chi connectivity index (χ1) is 3.41. The van der Waals surface area contributed by atoms with E-state index in [1.165, 1.54) is 0 Å². The zero-order valence-electron chi connectivity index (χ0n) is 4.59. The van der Waals surface area contributed by atoms with Crippen LogP contribution in [-0.2, 0) is 0 Å². The van der Waals surface area contributed by atoms with Gasteiger partial charge in [0.2, 0.25) is 0 Å². The number of unbranched alkanes of at least 4 members (excludes halogenated alkanes) is 1. The van der Waals surface area contributed by atoms with Crippen LogP contribution in [0.1, 0.15) is 19.8 Å². The first kappa shape index (κ1) is 6.66. The van der Waals surface area contributed by atoms with Gasteiger partial charge in [-0.25, -0.2) is 0 Å². The molecule has 0 spiro atoms. The normalized spacial score (nSPS) is 9.29. The van der Waals surface area contributed by atoms with E-state index in [4.69, 9.17) is 5.02 Å². The summed E-state index contributed by atoms with van der Waals surface area (Å²) in [5, 5.41) is 8.00. The average molecular weight is 98.9 g/mol. The fourth-order valence-electron chi connectivity index (χ4n) is 0.307. The molecule has 3 heteroatoms. The summed E-state index contributed by atoms with van der Waals surface area (Å²) < 4.78 is 0. The molecule has 7 heavy (non-hydrogen) atoms. The molecular formula is C4H10BNO. The van der Waals surface area contributed by atoms with E-state index in [9.17, 15) is 0 Å². The van der Waals surface area contributed by atoms with Crippen LogP contribution in [0.25, 0.3) is 0 Å². The van der Waals surface area contributed by atoms with Gasteiger partial charge in [-0.15, -0.1) is 0 Å². The van der Waals surface area contributed by atoms with Crippen molar-refractivity contribution in [3.8, 4) is 0 Å². The summed E-state index contributed by atoms with van der Waals surface area (Å²) in [6.07, 6.45) is 2.20. The molecule has 0 saturated carbocycles. The summed E-state index contributed by atoms with van der Waals surface area (Å²) in [6, 6.07) is 0. The van der Waals surface area contributed by atoms with Gasteiger partial charge < -0.3 is 0 Å². The molecule has 0 unspecified atom stereocenters. The molecule has 0 radical (unpaired) electrons. The molecule has 40 valence electrons. The number of nitrogens with zero attached hydrogens (tertiary/aromatic N) is 1. The van der Waals surface area contributed by atoms with Gasteiger partial charge in [0.05, 0.1) is 0 Å². The second kappa shape index (κ2) is 5.66. The molecule has 0 aliphatic rings. The van der Waals surface area contributed by atoms with Gasteiger partial charge in [-0.05, 0) is 0 Å². The molecular weight excluding hydrogens is 88.9 g/mol. The van der Waals surface area contributed by atoms with E-state index < -0.39 is 0 Å². The second-order valence-electron chi connectivity index (χ2n) is 1.38. The molecule has 0 bridgehead atoms. The zero-order valence-corrected chi connectivity index (χ0v) is 4.59. The van der Waals surface area contributed by atoms with E-state index >= 15 is 0 Å². The predicted octanol–water partition coefficient (Wildman–Crippen LogP) is 0.582. The Kier molecular flexibility index (Phi) is 5.39. The Morgan fingerprint density at radius 2 is 2.43 bits per heavy atom. The second-order valence-corrected chi connectivity index (χ2v) is 1.38. The van der Waals surface area contributed by atoms with Crippen molar-refractivity contribution in [3.05, 3.63) is 0 Å². The van der Waals surface area contributed by atoms with Crippen LogP contribution in [0, 0.1) is 0 Å². The SMILES string of the molecule is CCCC/N=B/O. The molecule has 0 aliphatic heterocycles. The summed E-state index contributed by atoms with van der Waals surface area (Å²) in [6.45, 7) is 2.85. The minimum atomic E-state index is 0.757. The number of rotatable bonds is 3. The third-order valence-electron chi connectivity index (χ3n) is 0.722. The van der Waals surface area contributed by atoms with Crippen LogP contribution >= 0.6 is 0 Å². The summed E-state index contributed by atoms with van der Waals surface area (Å²) in [4.78, 5) is 3.59. The number of hydrogen-bond donors (Lipinski definition) is 1. The maximum absolute atomic E-state index is 8.00. The average Bonchev–Trinajstić information content (AvgIpc) is 1.69. The third kappa shape index (κ3) is 5.66. The maximum atomic E-state index is 8.00. The molecule has 0 atom stereocenters. The van der Waals surface area contributed by atoms with Crippen LogP contribution < -0.4 is 0 Å². The molecule has 0 aromatic carbocycles. The van der Waals surface area contributed by atoms with Crippen LogP contribution in [0.2, 0.25) is 0 Å². The van der Waals surface area contributed by atoms with Crippen LogP contribution in [0.5, 0.6) is 0 Å². The van der Waals surface area contributed by atoms with Gasteiger partial charge >= 0.3 is 43.5 Å². The van der Waals surface area contributed by atoms with Crippen LogP contribution in [0.15, 0.2) is 4.90 Å². The Morgan fingerprint density at radius 3 is 2.86 bits per heavy atom. The van der Waals surface area contributed by atoms with E-state index in [0.717, 1.165) is 26.7 Å². The molecule has 0 rings (SSSR count). The van der Waals surface area contributed by atoms with Gasteiger partial charge in [-0.2, -0.15) is 0 Å². The first-order valence-electron chi connectivity index (χ1n) is 2.54. The Bertz CT molecular complexity index is 55.7. The summed E-state index contributed by atoms with van der Waals surface area (Å²) in [7, 11) is 0.857. The quantitative estimate of drug-likeness (QED) is 0.407. The van der Waals surface area contributed by atoms with E-state index in [-0.39, 0.29) is 0 Å². The van der Waals surface area contributed by atoms with Gasteiger partial charge in [0.25, 0.3) is 0 Å². The third-order valence-corrected chi connectivity index (χ3v) is 0.722. The monoisotopic (exact) mass is 99.1 g/mol. The van der Waals surface area contributed by atoms with E-state index in [0.29, 0.717) is 0 Å². The standard InChI is InChI=1S/C4H10BNO/c1-2-3-4-6-5-7/h7H,2-4H2,1H3. The molecule has 2 nitrogen and oxygen atoms in total. The van der Waals surface area contributed by atoms with Gasteiger partial charge in [0.15, 0.2) is 0 Å². The minimum absolute atomic E-state index is 0.757. The number of hydrogen-bond acceptors (Lipinski definition) is 1. The molecule has 0 aromatic heterocycles. The molecule has 0 aliphatic carbocycles. The van der Waals surface area contributed by atoms with Crippen molar-refractivity contribution in [2.45, 2.75) is 19.8 Å². The van der Waals surface area contributed by atoms with E-state index in [2.05, 4.69) is 11.8 Å².